The number of hydrogen-bond donors (Lipinski definition) is 4. The van der Waals surface area contributed by atoms with Gasteiger partial charge >= 0.3 is 0 Å². The minimum Gasteiger partial charge on any atom is -0.493 e. The zero-order valence-corrected chi connectivity index (χ0v) is 46.2. The first-order valence-electron chi connectivity index (χ1n) is 26.5. The first-order valence-corrected chi connectivity index (χ1v) is 27.4. The lowest BCUT2D eigenvalue weighted by Crippen LogP contribution is -2.58. The molecule has 424 valence electrons. The first kappa shape index (κ1) is 58.6. The van der Waals surface area contributed by atoms with Gasteiger partial charge in [-0.1, -0.05) is 45.0 Å². The van der Waals surface area contributed by atoms with Gasteiger partial charge in [0, 0.05) is 68.7 Å². The number of nitrogens with zero attached hydrogens (tertiary/aromatic N) is 4. The molecule has 2 aliphatic rings. The smallest absolute Gasteiger partial charge is 0.247 e. The molecular weight excluding hydrogens is 1050 g/mol. The van der Waals surface area contributed by atoms with Gasteiger partial charge in [-0.05, 0) is 111 Å². The average molecular weight is 1120 g/mol. The lowest BCUT2D eigenvalue weighted by molar-refractivity contribution is -0.144. The van der Waals surface area contributed by atoms with Gasteiger partial charge in [-0.15, -0.1) is 11.3 Å². The summed E-state index contributed by atoms with van der Waals surface area (Å²) in [6, 6.07) is 19.9. The van der Waals surface area contributed by atoms with Crippen LogP contribution in [0.25, 0.3) is 21.3 Å². The number of methoxy groups -OCH3 is 1. The maximum atomic E-state index is 15.9. The Balaban J connectivity index is 0.733. The fourth-order valence-electron chi connectivity index (χ4n) is 9.34. The molecule has 2 fully saturated rings. The van der Waals surface area contributed by atoms with E-state index < -0.39 is 64.3 Å². The molecule has 2 aromatic heterocycles. The number of carbonyl (C=O) groups is 5. The molecule has 1 saturated heterocycles. The Labute approximate surface area is 466 Å². The van der Waals surface area contributed by atoms with Gasteiger partial charge in [0.2, 0.25) is 29.5 Å². The Morgan fingerprint density at radius 1 is 0.850 bits per heavy atom. The summed E-state index contributed by atoms with van der Waals surface area (Å²) < 4.78 is 58.9. The predicted octanol–water partition coefficient (Wildman–Crippen LogP) is 8.46. The fraction of sp³-hybridized carbons (Fsp3) is 0.407. The molecule has 0 bridgehead atoms. The third-order valence-corrected chi connectivity index (χ3v) is 15.0. The van der Waals surface area contributed by atoms with Gasteiger partial charge in [0.15, 0.2) is 23.1 Å². The van der Waals surface area contributed by atoms with Crippen LogP contribution < -0.4 is 35.5 Å². The number of aryl methyl sites for hydroxylation is 1. The number of β-amino-alcohol motifs (C(OH)–C–C–N with tert-alkyl or cyclic N) is 1. The van der Waals surface area contributed by atoms with Gasteiger partial charge in [-0.25, -0.2) is 13.8 Å². The van der Waals surface area contributed by atoms with Crippen LogP contribution in [-0.2, 0) is 40.0 Å². The number of benzene rings is 4. The monoisotopic (exact) mass is 1120 g/mol. The number of primary amides is 1. The maximum absolute atomic E-state index is 15.9. The Morgan fingerprint density at radius 2 is 1.54 bits per heavy atom. The van der Waals surface area contributed by atoms with E-state index >= 15 is 4.39 Å². The van der Waals surface area contributed by atoms with Crippen molar-refractivity contribution >= 4 is 63.2 Å². The number of rotatable bonds is 26. The summed E-state index contributed by atoms with van der Waals surface area (Å²) >= 11 is 1.56. The second kappa shape index (κ2) is 26.1. The van der Waals surface area contributed by atoms with Crippen LogP contribution >= 0.6 is 11.3 Å². The highest BCUT2D eigenvalue weighted by atomic mass is 32.1. The minimum absolute atomic E-state index is 0.0293. The van der Waals surface area contributed by atoms with E-state index in [1.54, 1.807) is 35.0 Å². The SMILES string of the molecule is COc1cc2c(Oc3ccc(N(C(=O)C4(C(N)=O)CC4)c4ccc(F)cc4)cc3F)ccnc2cc1OCCCCOCCCCOCC(=O)N[C@H](C(=O)N1C[C@H](O)C[C@H]1C(=O)NCc1ccc(-c2scnc2C)cc1)C(C)(C)C. The number of nitrogens with two attached hydrogens (primary N) is 1. The lowest BCUT2D eigenvalue weighted by Gasteiger charge is -2.35. The topological polar surface area (TPSA) is 234 Å². The molecule has 21 heteroatoms. The molecule has 18 nitrogen and oxygen atoms in total. The molecule has 0 radical (unpaired) electrons. The van der Waals surface area contributed by atoms with Crippen molar-refractivity contribution < 1.29 is 61.5 Å². The quantitative estimate of drug-likeness (QED) is 0.0295. The van der Waals surface area contributed by atoms with Crippen molar-refractivity contribution in [2.45, 2.75) is 97.4 Å². The second-order valence-electron chi connectivity index (χ2n) is 21.0. The summed E-state index contributed by atoms with van der Waals surface area (Å²) in [4.78, 5) is 78.9. The van der Waals surface area contributed by atoms with Gasteiger partial charge in [0.05, 0.1) is 47.1 Å². The van der Waals surface area contributed by atoms with E-state index in [-0.39, 0.29) is 67.7 Å². The number of fused-ring (bicyclic) bond motifs is 1. The van der Waals surface area contributed by atoms with Crippen LogP contribution in [0.5, 0.6) is 23.0 Å². The van der Waals surface area contributed by atoms with Gasteiger partial charge in [0.25, 0.3) is 0 Å². The Bertz CT molecular complexity index is 3170. The standard InChI is InChI=1S/C59H67F2N7O11S/c1-36-52(80-35-65-36)38-12-10-37(11-13-38)32-64-54(71)46-29-42(69)33-67(46)55(72)53(58(2,3)4)66-51(70)34-77-26-7-6-24-76-25-8-9-27-78-50-31-45-43(30-49(50)75-5)47(20-23-63-45)79-48-19-18-41(28-44(48)61)68(40-16-14-39(60)15-17-40)57(74)59(21-22-59)56(62)73/h10-20,23,28,30-31,35,42,46,53,69H,6-9,21-22,24-27,29,32-34H2,1-5H3,(H2,62,73)(H,64,71)(H,66,70)/t42-,46+,53-/m1/s1. The number of hydrogen-bond acceptors (Lipinski definition) is 14. The molecule has 0 spiro atoms. The van der Waals surface area contributed by atoms with E-state index in [0.717, 1.165) is 44.8 Å². The van der Waals surface area contributed by atoms with Crippen molar-refractivity contribution in [3.8, 4) is 33.4 Å². The first-order chi connectivity index (χ1) is 38.4. The normalized spacial score (nSPS) is 16.0. The maximum Gasteiger partial charge on any atom is 0.247 e. The highest BCUT2D eigenvalue weighted by Crippen LogP contribution is 2.49. The number of aromatic nitrogens is 2. The van der Waals surface area contributed by atoms with Gasteiger partial charge in [0.1, 0.15) is 35.7 Å². The zero-order chi connectivity index (χ0) is 57.1. The molecule has 3 heterocycles. The minimum atomic E-state index is -1.43. The number of anilines is 2. The number of carbonyl (C=O) groups excluding carboxylic acids is 5. The molecule has 4 aromatic carbocycles. The summed E-state index contributed by atoms with van der Waals surface area (Å²) in [6.45, 7) is 9.03. The van der Waals surface area contributed by atoms with E-state index in [4.69, 9.17) is 29.4 Å². The Kier molecular flexibility index (Phi) is 19.1. The van der Waals surface area contributed by atoms with Crippen molar-refractivity contribution in [3.05, 3.63) is 120 Å². The number of amides is 5. The summed E-state index contributed by atoms with van der Waals surface area (Å²) in [6.07, 6.45) is 3.93. The van der Waals surface area contributed by atoms with Crippen molar-refractivity contribution in [1.29, 1.82) is 0 Å². The van der Waals surface area contributed by atoms with Crippen LogP contribution in [0.3, 0.4) is 0 Å². The fourth-order valence-corrected chi connectivity index (χ4v) is 10.2. The molecule has 5 N–H and O–H groups in total. The number of ether oxygens (including phenoxy) is 5. The van der Waals surface area contributed by atoms with E-state index in [9.17, 15) is 33.5 Å². The third-order valence-electron chi connectivity index (χ3n) is 14.0. The van der Waals surface area contributed by atoms with E-state index in [1.807, 2.05) is 52.0 Å². The largest absolute Gasteiger partial charge is 0.493 e. The van der Waals surface area contributed by atoms with Crippen molar-refractivity contribution in [1.82, 2.24) is 25.5 Å². The molecule has 8 rings (SSSR count). The highest BCUT2D eigenvalue weighted by Gasteiger charge is 2.57. The van der Waals surface area contributed by atoms with E-state index in [0.29, 0.717) is 74.5 Å². The van der Waals surface area contributed by atoms with Gasteiger partial charge in [-0.2, -0.15) is 0 Å². The number of pyridine rings is 1. The molecule has 1 saturated carbocycles. The molecule has 0 unspecified atom stereocenters. The predicted molar refractivity (Wildman–Crippen MR) is 296 cm³/mol. The summed E-state index contributed by atoms with van der Waals surface area (Å²) in [5.41, 5.74) is 8.96. The number of halogens is 2. The molecule has 1 aliphatic carbocycles. The highest BCUT2D eigenvalue weighted by molar-refractivity contribution is 7.13. The Hall–Kier alpha value is -7.59. The summed E-state index contributed by atoms with van der Waals surface area (Å²) in [5.74, 6) is -3.10. The number of nitrogens with one attached hydrogen (secondary N) is 2. The van der Waals surface area contributed by atoms with E-state index in [1.165, 1.54) is 42.5 Å². The molecule has 1 aliphatic heterocycles. The summed E-state index contributed by atoms with van der Waals surface area (Å²) in [7, 11) is 1.50. The van der Waals surface area contributed by atoms with Gasteiger partial charge in [-0.3, -0.25) is 33.9 Å². The van der Waals surface area contributed by atoms with Crippen molar-refractivity contribution in [3.63, 3.8) is 0 Å². The van der Waals surface area contributed by atoms with Crippen LogP contribution in [0, 0.1) is 29.4 Å². The Morgan fingerprint density at radius 3 is 2.17 bits per heavy atom. The number of aliphatic hydroxyl groups excluding tert-OH is 1. The molecule has 5 amide bonds. The molecule has 3 atom stereocenters. The van der Waals surface area contributed by atoms with Crippen molar-refractivity contribution in [2.75, 3.05) is 51.6 Å². The van der Waals surface area contributed by atoms with Crippen LogP contribution in [0.1, 0.15) is 77.0 Å². The van der Waals surface area contributed by atoms with E-state index in [2.05, 4.69) is 20.6 Å². The van der Waals surface area contributed by atoms with Gasteiger partial charge < -0.3 is 50.1 Å². The number of aliphatic hydroxyl groups is 1. The third kappa shape index (κ3) is 14.2. The molecule has 80 heavy (non-hydrogen) atoms. The number of unbranched alkanes of at least 4 members (excludes halogenated alkanes) is 2. The van der Waals surface area contributed by atoms with Crippen LogP contribution in [0.4, 0.5) is 20.2 Å². The second-order valence-corrected chi connectivity index (χ2v) is 21.8. The van der Waals surface area contributed by atoms with Crippen LogP contribution in [-0.4, -0.2) is 114 Å². The van der Waals surface area contributed by atoms with Crippen molar-refractivity contribution in [2.24, 2.45) is 16.6 Å². The number of thiazole rings is 1. The van der Waals surface area contributed by atoms with Crippen LogP contribution in [0.2, 0.25) is 0 Å². The molecular formula is C59H67F2N7O11S. The summed E-state index contributed by atoms with van der Waals surface area (Å²) in [5, 5.41) is 16.8. The number of likely N-dealkylation sites (tertiary alicyclic amines) is 1. The average Bonchev–Trinajstić information content (AvgIpc) is 4.04. The molecule has 6 aromatic rings. The zero-order valence-electron chi connectivity index (χ0n) is 45.4. The van der Waals surface area contributed by atoms with Crippen LogP contribution in [0.15, 0.2) is 96.6 Å². The lowest BCUT2D eigenvalue weighted by atomic mass is 9.85.